The van der Waals surface area contributed by atoms with E-state index < -0.39 is 109 Å². The molecular weight excluding hydrogens is 791 g/mol. The number of aldehydes is 1. The number of nitrogens with one attached hydrogen (secondary N) is 1. The maximum Gasteiger partial charge on any atom is 0.410 e. The third-order valence-corrected chi connectivity index (χ3v) is 11.9. The smallest absolute Gasteiger partial charge is 0.410 e. The maximum absolute atomic E-state index is 14.2. The number of methoxy groups -OCH3 is 1. The number of likely N-dealkylation sites (N-methyl/N-ethyl adjacent to an activating group) is 1. The molecule has 0 radical (unpaired) electrons. The van der Waals surface area contributed by atoms with Crippen LogP contribution in [0.3, 0.4) is 0 Å². The van der Waals surface area contributed by atoms with Crippen LogP contribution in [0.25, 0.3) is 0 Å². The molecule has 61 heavy (non-hydrogen) atoms. The number of ether oxygens (including phenoxy) is 7. The lowest BCUT2D eigenvalue weighted by Gasteiger charge is -2.47. The molecule has 0 spiro atoms. The lowest BCUT2D eigenvalue weighted by Crippen LogP contribution is -2.60. The van der Waals surface area contributed by atoms with Crippen LogP contribution in [-0.2, 0) is 54.1 Å². The first-order valence-electron chi connectivity index (χ1n) is 20.7. The molecule has 16 heteroatoms. The second-order valence-electron chi connectivity index (χ2n) is 16.3. The molecule has 0 bridgehead atoms. The summed E-state index contributed by atoms with van der Waals surface area (Å²) < 4.78 is 42.7. The number of fused-ring (bicyclic) bond motifs is 1. The van der Waals surface area contributed by atoms with E-state index in [1.54, 1.807) is 83.1 Å². The van der Waals surface area contributed by atoms with Gasteiger partial charge in [-0.15, -0.1) is 6.58 Å². The summed E-state index contributed by atoms with van der Waals surface area (Å²) in [5.41, 5.74) is -0.366. The van der Waals surface area contributed by atoms with E-state index in [2.05, 4.69) is 11.9 Å². The number of rotatable bonds is 11. The summed E-state index contributed by atoms with van der Waals surface area (Å²) in [6, 6.07) is 15.3. The molecule has 5 rings (SSSR count). The number of nitrogens with zero attached hydrogens (tertiary/aromatic N) is 2. The van der Waals surface area contributed by atoms with Gasteiger partial charge in [0.15, 0.2) is 18.5 Å². The van der Waals surface area contributed by atoms with Crippen LogP contribution in [0.5, 0.6) is 0 Å². The van der Waals surface area contributed by atoms with Gasteiger partial charge in [-0.2, -0.15) is 0 Å². The van der Waals surface area contributed by atoms with Gasteiger partial charge >= 0.3 is 24.1 Å². The SMILES string of the molecule is C=C[C@H]1CN(C(=O)OCc2ccccc2)[C@H](C)[C@H]2NC(=O)O[C@@H]2[C@@H](CC)OC(=O)CC(=O)[C@H](C)[C@@H](O[C@@H]2OC(C=O)CC(N(C)C)C2OC(=O)c2ccccc2)[C@](C)(OC)C1. The topological polar surface area (TPSA) is 186 Å². The van der Waals surface area contributed by atoms with Gasteiger partial charge in [-0.1, -0.05) is 68.5 Å². The fraction of sp³-hybridized carbons (Fsp3) is 0.556. The van der Waals surface area contributed by atoms with Gasteiger partial charge in [-0.25, -0.2) is 14.4 Å². The molecule has 332 valence electrons. The second kappa shape index (κ2) is 21.1. The van der Waals surface area contributed by atoms with E-state index in [0.717, 1.165) is 5.56 Å². The first-order valence-corrected chi connectivity index (χ1v) is 20.7. The molecule has 2 aromatic rings. The average Bonchev–Trinajstić information content (AvgIpc) is 3.66. The van der Waals surface area contributed by atoms with Crippen LogP contribution >= 0.6 is 0 Å². The van der Waals surface area contributed by atoms with Gasteiger partial charge in [0.05, 0.1) is 35.4 Å². The monoisotopic (exact) mass is 849 g/mol. The highest BCUT2D eigenvalue weighted by Crippen LogP contribution is 2.38. The molecule has 3 fully saturated rings. The van der Waals surface area contributed by atoms with E-state index in [0.29, 0.717) is 6.29 Å². The molecule has 3 saturated heterocycles. The van der Waals surface area contributed by atoms with Crippen molar-refractivity contribution in [2.75, 3.05) is 27.7 Å². The number of benzene rings is 2. The van der Waals surface area contributed by atoms with Crippen molar-refractivity contribution in [3.05, 3.63) is 84.4 Å². The van der Waals surface area contributed by atoms with Crippen LogP contribution < -0.4 is 5.32 Å². The maximum atomic E-state index is 14.2. The quantitative estimate of drug-likeness (QED) is 0.106. The van der Waals surface area contributed by atoms with E-state index in [1.165, 1.54) is 12.0 Å². The molecule has 2 aromatic carbocycles. The van der Waals surface area contributed by atoms with Gasteiger partial charge in [0.1, 0.15) is 37.3 Å². The summed E-state index contributed by atoms with van der Waals surface area (Å²) in [7, 11) is 5.00. The van der Waals surface area contributed by atoms with Crippen LogP contribution in [0.4, 0.5) is 9.59 Å². The summed E-state index contributed by atoms with van der Waals surface area (Å²) in [5.74, 6) is -3.76. The van der Waals surface area contributed by atoms with Gasteiger partial charge in [0, 0.05) is 19.6 Å². The van der Waals surface area contributed by atoms with Crippen LogP contribution in [0.1, 0.15) is 69.3 Å². The highest BCUT2D eigenvalue weighted by Gasteiger charge is 2.52. The molecule has 3 aliphatic heterocycles. The zero-order valence-corrected chi connectivity index (χ0v) is 35.9. The van der Waals surface area contributed by atoms with E-state index in [9.17, 15) is 28.8 Å². The number of ketones is 1. The summed E-state index contributed by atoms with van der Waals surface area (Å²) >= 11 is 0. The predicted octanol–water partition coefficient (Wildman–Crippen LogP) is 4.87. The zero-order chi connectivity index (χ0) is 44.4. The van der Waals surface area contributed by atoms with Crippen molar-refractivity contribution >= 4 is 36.2 Å². The van der Waals surface area contributed by atoms with E-state index in [1.807, 2.05) is 30.3 Å². The van der Waals surface area contributed by atoms with Crippen molar-refractivity contribution in [2.45, 2.75) is 121 Å². The molecular formula is C45H59N3O13. The van der Waals surface area contributed by atoms with Crippen molar-refractivity contribution in [1.29, 1.82) is 0 Å². The predicted molar refractivity (Wildman–Crippen MR) is 220 cm³/mol. The molecule has 2 amide bonds. The Hall–Kier alpha value is -5.16. The Morgan fingerprint density at radius 3 is 2.31 bits per heavy atom. The van der Waals surface area contributed by atoms with Crippen molar-refractivity contribution < 1.29 is 61.9 Å². The largest absolute Gasteiger partial charge is 0.458 e. The standard InChI is InChI=1S/C45H59N3O13/c1-9-29-23-45(5,55-8)40(61-42-38(33(47(6)7)21-32(25-49)57-42)59-41(52)31-19-15-12-16-20-31)27(3)34(50)22-36(51)58-35(10-2)39-37(46-43(53)60-39)28(4)48(24-29)44(54)56-26-30-17-13-11-14-18-30/h9,11-20,25,27-29,32-33,35,37-40,42H,1,10,21-24,26H2,2-8H3,(H,46,53)/t27-,28+,29+,32?,33?,35+,37+,38?,39+,40+,42-,45+/m0/s1. The number of hydrogen-bond donors (Lipinski definition) is 1. The summed E-state index contributed by atoms with van der Waals surface area (Å²) in [5, 5.41) is 2.79. The Labute approximate surface area is 357 Å². The Balaban J connectivity index is 1.56. The Kier molecular flexibility index (Phi) is 16.2. The number of carbonyl (C=O) groups is 6. The van der Waals surface area contributed by atoms with Gasteiger partial charge in [-0.3, -0.25) is 9.59 Å². The lowest BCUT2D eigenvalue weighted by atomic mass is 9.79. The second-order valence-corrected chi connectivity index (χ2v) is 16.3. The van der Waals surface area contributed by atoms with Gasteiger partial charge in [-0.05, 0) is 70.8 Å². The number of esters is 2. The molecule has 0 aliphatic carbocycles. The normalized spacial score (nSPS) is 32.6. The summed E-state index contributed by atoms with van der Waals surface area (Å²) in [4.78, 5) is 84.0. The highest BCUT2D eigenvalue weighted by atomic mass is 16.7. The van der Waals surface area contributed by atoms with Crippen LogP contribution in [0.2, 0.25) is 0 Å². The van der Waals surface area contributed by atoms with Gasteiger partial charge in [0.2, 0.25) is 0 Å². The number of carbonyl (C=O) groups excluding carboxylic acids is 6. The fourth-order valence-corrected chi connectivity index (χ4v) is 8.33. The van der Waals surface area contributed by atoms with Crippen LogP contribution in [0.15, 0.2) is 73.3 Å². The number of alkyl carbamates (subject to hydrolysis) is 1. The Bertz CT molecular complexity index is 1850. The first kappa shape index (κ1) is 46.9. The van der Waals surface area contributed by atoms with Crippen LogP contribution in [0, 0.1) is 11.8 Å². The fourth-order valence-electron chi connectivity index (χ4n) is 8.33. The lowest BCUT2D eigenvalue weighted by molar-refractivity contribution is -0.291. The molecule has 0 aromatic heterocycles. The number of cyclic esters (lactones) is 1. The summed E-state index contributed by atoms with van der Waals surface area (Å²) in [6.07, 6.45) is -6.05. The third kappa shape index (κ3) is 11.4. The highest BCUT2D eigenvalue weighted by molar-refractivity contribution is 5.97. The van der Waals surface area contributed by atoms with Crippen molar-refractivity contribution in [3.8, 4) is 0 Å². The first-order chi connectivity index (χ1) is 29.1. The van der Waals surface area contributed by atoms with Gasteiger partial charge in [0.25, 0.3) is 0 Å². The molecule has 12 atom stereocenters. The molecule has 3 heterocycles. The minimum Gasteiger partial charge on any atom is -0.458 e. The minimum atomic E-state index is -1.40. The van der Waals surface area contributed by atoms with Gasteiger partial charge < -0.3 is 53.1 Å². The van der Waals surface area contributed by atoms with E-state index in [-0.39, 0.29) is 38.0 Å². The number of hydrogen-bond acceptors (Lipinski definition) is 14. The molecule has 16 nitrogen and oxygen atoms in total. The van der Waals surface area contributed by atoms with Crippen LogP contribution in [-0.4, -0.2) is 134 Å². The van der Waals surface area contributed by atoms with E-state index in [4.69, 9.17) is 33.2 Å². The molecule has 0 saturated carbocycles. The zero-order valence-electron chi connectivity index (χ0n) is 35.9. The van der Waals surface area contributed by atoms with Crippen molar-refractivity contribution in [3.63, 3.8) is 0 Å². The summed E-state index contributed by atoms with van der Waals surface area (Å²) in [6.45, 7) is 10.8. The van der Waals surface area contributed by atoms with Crippen molar-refractivity contribution in [2.24, 2.45) is 11.8 Å². The molecule has 3 unspecified atom stereocenters. The van der Waals surface area contributed by atoms with Crippen molar-refractivity contribution in [1.82, 2.24) is 15.1 Å². The number of amides is 2. The Morgan fingerprint density at radius 2 is 1.70 bits per heavy atom. The number of Topliss-reactive ketones (excluding diaryl/α,β-unsaturated/α-hetero) is 1. The van der Waals surface area contributed by atoms with E-state index >= 15 is 0 Å². The Morgan fingerprint density at radius 1 is 1.03 bits per heavy atom. The average molecular weight is 850 g/mol. The molecule has 1 N–H and O–H groups in total. The third-order valence-electron chi connectivity index (χ3n) is 11.9. The minimum absolute atomic E-state index is 0.00484. The molecule has 3 aliphatic rings.